The summed E-state index contributed by atoms with van der Waals surface area (Å²) in [4.78, 5) is 6.57. The maximum atomic E-state index is 14.6. The smallest absolute Gasteiger partial charge is 0.361 e. The van der Waals surface area contributed by atoms with Gasteiger partial charge in [-0.05, 0) is 35.9 Å². The molecule has 0 bridgehead atoms. The number of rotatable bonds is 3. The molecule has 0 amide bonds. The minimum absolute atomic E-state index is 0.0210. The first kappa shape index (κ1) is 21.1. The van der Waals surface area contributed by atoms with Gasteiger partial charge in [0.25, 0.3) is 0 Å². The number of nitrogens with two attached hydrogens (primary N) is 1. The molecule has 1 heterocycles. The van der Waals surface area contributed by atoms with Crippen molar-refractivity contribution in [3.63, 3.8) is 0 Å². The minimum Gasteiger partial charge on any atom is -0.361 e. The van der Waals surface area contributed by atoms with Gasteiger partial charge in [0.1, 0.15) is 5.82 Å². The highest BCUT2D eigenvalue weighted by Gasteiger charge is 2.41. The standard InChI is InChI=1S/C24H21F4N3/c1-31-21-12-5-3-10-19(21)22(18-9-2-4-11-20(18)25)30-15-23(31,14-29)16-7-6-8-17(13-16)24(26,27)28/h2-13H,14-15,29H2,1H3. The fourth-order valence-electron chi connectivity index (χ4n) is 4.07. The zero-order chi connectivity index (χ0) is 22.2. The molecule has 0 fully saturated rings. The first-order chi connectivity index (χ1) is 14.8. The highest BCUT2D eigenvalue weighted by molar-refractivity contribution is 6.16. The number of hydrogen-bond donors (Lipinski definition) is 1. The molecule has 4 rings (SSSR count). The zero-order valence-corrected chi connectivity index (χ0v) is 16.8. The molecule has 3 aromatic rings. The number of halogens is 4. The Bertz CT molecular complexity index is 1140. The highest BCUT2D eigenvalue weighted by Crippen LogP contribution is 2.39. The van der Waals surface area contributed by atoms with Crippen LogP contribution < -0.4 is 10.6 Å². The summed E-state index contributed by atoms with van der Waals surface area (Å²) in [5.74, 6) is -0.418. The summed E-state index contributed by atoms with van der Waals surface area (Å²) in [6, 6.07) is 18.8. The molecule has 3 aromatic carbocycles. The molecule has 1 unspecified atom stereocenters. The van der Waals surface area contributed by atoms with E-state index in [1.54, 1.807) is 31.3 Å². The highest BCUT2D eigenvalue weighted by atomic mass is 19.4. The quantitative estimate of drug-likeness (QED) is 0.599. The number of likely N-dealkylation sites (N-methyl/N-ethyl adjacent to an activating group) is 1. The van der Waals surface area contributed by atoms with Crippen molar-refractivity contribution in [2.24, 2.45) is 10.7 Å². The fraction of sp³-hybridized carbons (Fsp3) is 0.208. The largest absolute Gasteiger partial charge is 0.416 e. The third kappa shape index (κ3) is 3.59. The van der Waals surface area contributed by atoms with E-state index in [2.05, 4.69) is 0 Å². The molecule has 0 spiro atoms. The van der Waals surface area contributed by atoms with Crippen molar-refractivity contribution in [3.05, 3.63) is 101 Å². The third-order valence-electron chi connectivity index (χ3n) is 5.86. The Morgan fingerprint density at radius 1 is 0.968 bits per heavy atom. The number of anilines is 1. The number of nitrogens with zero attached hydrogens (tertiary/aromatic N) is 2. The Morgan fingerprint density at radius 3 is 2.32 bits per heavy atom. The second-order valence-electron chi connectivity index (χ2n) is 7.54. The molecule has 0 saturated carbocycles. The summed E-state index contributed by atoms with van der Waals surface area (Å²) in [5.41, 5.74) is 7.00. The van der Waals surface area contributed by atoms with E-state index in [9.17, 15) is 17.6 Å². The Kier molecular flexibility index (Phi) is 5.31. The maximum absolute atomic E-state index is 14.6. The summed E-state index contributed by atoms with van der Waals surface area (Å²) < 4.78 is 54.8. The Hall–Kier alpha value is -3.19. The zero-order valence-electron chi connectivity index (χ0n) is 16.8. The normalized spacial score (nSPS) is 18.9. The van der Waals surface area contributed by atoms with Crippen LogP contribution in [0.25, 0.3) is 0 Å². The van der Waals surface area contributed by atoms with Gasteiger partial charge < -0.3 is 10.6 Å². The minimum atomic E-state index is -4.48. The molecule has 160 valence electrons. The van der Waals surface area contributed by atoms with E-state index in [-0.39, 0.29) is 13.1 Å². The molecule has 0 aliphatic carbocycles. The Balaban J connectivity index is 1.94. The number of aliphatic imine (C=N–C) groups is 1. The first-order valence-electron chi connectivity index (χ1n) is 9.78. The van der Waals surface area contributed by atoms with Crippen LogP contribution in [0.15, 0.2) is 77.8 Å². The van der Waals surface area contributed by atoms with Gasteiger partial charge in [-0.25, -0.2) is 4.39 Å². The van der Waals surface area contributed by atoms with Gasteiger partial charge in [0.15, 0.2) is 0 Å². The van der Waals surface area contributed by atoms with Crippen molar-refractivity contribution >= 4 is 11.4 Å². The van der Waals surface area contributed by atoms with E-state index < -0.39 is 23.1 Å². The monoisotopic (exact) mass is 427 g/mol. The van der Waals surface area contributed by atoms with Crippen LogP contribution in [0.5, 0.6) is 0 Å². The number of benzodiazepines with no additional fused rings is 1. The molecule has 0 saturated heterocycles. The van der Waals surface area contributed by atoms with Gasteiger partial charge in [-0.1, -0.05) is 42.5 Å². The molecule has 31 heavy (non-hydrogen) atoms. The van der Waals surface area contributed by atoms with Crippen molar-refractivity contribution in [3.8, 4) is 0 Å². The van der Waals surface area contributed by atoms with Crippen molar-refractivity contribution in [2.75, 3.05) is 25.0 Å². The van der Waals surface area contributed by atoms with E-state index >= 15 is 0 Å². The van der Waals surface area contributed by atoms with Crippen LogP contribution in [0, 0.1) is 5.82 Å². The number of alkyl halides is 3. The predicted octanol–water partition coefficient (Wildman–Crippen LogP) is 4.99. The lowest BCUT2D eigenvalue weighted by Crippen LogP contribution is -2.52. The van der Waals surface area contributed by atoms with Crippen molar-refractivity contribution in [1.29, 1.82) is 0 Å². The third-order valence-corrected chi connectivity index (χ3v) is 5.86. The van der Waals surface area contributed by atoms with Crippen LogP contribution >= 0.6 is 0 Å². The van der Waals surface area contributed by atoms with Gasteiger partial charge in [-0.3, -0.25) is 4.99 Å². The summed E-state index contributed by atoms with van der Waals surface area (Å²) in [5, 5.41) is 0. The molecule has 0 aromatic heterocycles. The fourth-order valence-corrected chi connectivity index (χ4v) is 4.07. The van der Waals surface area contributed by atoms with Gasteiger partial charge in [-0.2, -0.15) is 13.2 Å². The van der Waals surface area contributed by atoms with E-state index in [1.165, 1.54) is 12.1 Å². The van der Waals surface area contributed by atoms with E-state index in [0.29, 0.717) is 28.1 Å². The SMILES string of the molecule is CN1c2ccccc2C(c2ccccc2F)=NCC1(CN)c1cccc(C(F)(F)F)c1. The van der Waals surface area contributed by atoms with Gasteiger partial charge in [-0.15, -0.1) is 0 Å². The number of benzene rings is 3. The Morgan fingerprint density at radius 2 is 1.65 bits per heavy atom. The average molecular weight is 427 g/mol. The molecule has 1 aliphatic heterocycles. The maximum Gasteiger partial charge on any atom is 0.416 e. The molecular formula is C24H21F4N3. The molecule has 0 radical (unpaired) electrons. The average Bonchev–Trinajstić information content (AvgIpc) is 2.89. The lowest BCUT2D eigenvalue weighted by Gasteiger charge is -2.41. The lowest BCUT2D eigenvalue weighted by molar-refractivity contribution is -0.137. The Labute approximate surface area is 177 Å². The summed E-state index contributed by atoms with van der Waals surface area (Å²) in [6.45, 7) is 0.0901. The van der Waals surface area contributed by atoms with Crippen molar-refractivity contribution < 1.29 is 17.6 Å². The molecule has 2 N–H and O–H groups in total. The molecule has 3 nitrogen and oxygen atoms in total. The topological polar surface area (TPSA) is 41.6 Å². The van der Waals surface area contributed by atoms with E-state index in [4.69, 9.17) is 10.7 Å². The van der Waals surface area contributed by atoms with Crippen molar-refractivity contribution in [2.45, 2.75) is 11.7 Å². The molecular weight excluding hydrogens is 406 g/mol. The van der Waals surface area contributed by atoms with Crippen LogP contribution in [0.1, 0.15) is 22.3 Å². The second-order valence-corrected chi connectivity index (χ2v) is 7.54. The van der Waals surface area contributed by atoms with E-state index in [1.807, 2.05) is 29.2 Å². The van der Waals surface area contributed by atoms with E-state index in [0.717, 1.165) is 12.1 Å². The predicted molar refractivity (Wildman–Crippen MR) is 114 cm³/mol. The van der Waals surface area contributed by atoms with Crippen LogP contribution in [0.4, 0.5) is 23.2 Å². The van der Waals surface area contributed by atoms with Crippen LogP contribution in [0.3, 0.4) is 0 Å². The van der Waals surface area contributed by atoms with Gasteiger partial charge in [0.05, 0.1) is 23.4 Å². The number of hydrogen-bond acceptors (Lipinski definition) is 3. The lowest BCUT2D eigenvalue weighted by atomic mass is 9.86. The van der Waals surface area contributed by atoms with Crippen molar-refractivity contribution in [1.82, 2.24) is 0 Å². The van der Waals surface area contributed by atoms with Crippen LogP contribution in [-0.4, -0.2) is 25.8 Å². The molecule has 7 heteroatoms. The summed E-state index contributed by atoms with van der Waals surface area (Å²) in [7, 11) is 1.78. The van der Waals surface area contributed by atoms with Gasteiger partial charge >= 0.3 is 6.18 Å². The molecule has 1 atom stereocenters. The first-order valence-corrected chi connectivity index (χ1v) is 9.78. The number of fused-ring (bicyclic) bond motifs is 1. The second kappa shape index (κ2) is 7.81. The number of para-hydroxylation sites is 1. The van der Waals surface area contributed by atoms with Gasteiger partial charge in [0.2, 0.25) is 0 Å². The summed E-state index contributed by atoms with van der Waals surface area (Å²) >= 11 is 0. The van der Waals surface area contributed by atoms with Crippen LogP contribution in [-0.2, 0) is 11.7 Å². The van der Waals surface area contributed by atoms with Gasteiger partial charge in [0, 0.05) is 30.4 Å². The summed E-state index contributed by atoms with van der Waals surface area (Å²) in [6.07, 6.45) is -4.48. The van der Waals surface area contributed by atoms with Crippen LogP contribution in [0.2, 0.25) is 0 Å². The molecule has 1 aliphatic rings.